The summed E-state index contributed by atoms with van der Waals surface area (Å²) in [5.74, 6) is -0.543. The van der Waals surface area contributed by atoms with Crippen molar-refractivity contribution >= 4 is 23.2 Å². The lowest BCUT2D eigenvalue weighted by atomic mass is 10.1. The molecule has 1 amide bonds. The molecular weight excluding hydrogens is 291 g/mol. The number of hydrogen-bond acceptors (Lipinski definition) is 2. The molecule has 0 aliphatic carbocycles. The highest BCUT2D eigenvalue weighted by molar-refractivity contribution is 6.30. The van der Waals surface area contributed by atoms with Crippen LogP contribution in [-0.2, 0) is 11.2 Å². The van der Waals surface area contributed by atoms with Gasteiger partial charge in [0, 0.05) is 11.6 Å². The lowest BCUT2D eigenvalue weighted by Gasteiger charge is -2.08. The Balaban J connectivity index is 1.70. The number of rotatable bonds is 6. The molecule has 0 saturated carbocycles. The average molecular weight is 307 g/mol. The molecule has 21 heavy (non-hydrogen) atoms. The zero-order valence-electron chi connectivity index (χ0n) is 11.4. The molecule has 3 nitrogen and oxygen atoms in total. The van der Waals surface area contributed by atoms with Crippen molar-refractivity contribution in [3.8, 4) is 0 Å². The molecule has 2 aromatic carbocycles. The highest BCUT2D eigenvalue weighted by Gasteiger charge is 2.04. The number of amides is 1. The third-order valence-electron chi connectivity index (χ3n) is 2.96. The fraction of sp³-hybridized carbons (Fsp3) is 0.188. The Labute approximate surface area is 128 Å². The van der Waals surface area contributed by atoms with Crippen molar-refractivity contribution in [2.45, 2.75) is 6.42 Å². The molecular formula is C16H16ClFN2O. The van der Waals surface area contributed by atoms with Crippen molar-refractivity contribution in [3.05, 3.63) is 64.9 Å². The standard InChI is InChI=1S/C16H16ClFN2O/c17-13-7-5-12(6-8-13)9-10-19-16(21)11-20-15-4-2-1-3-14(15)18/h1-8,20H,9-11H2,(H,19,21). The average Bonchev–Trinajstić information content (AvgIpc) is 2.48. The molecule has 5 heteroatoms. The maximum absolute atomic E-state index is 13.3. The lowest BCUT2D eigenvalue weighted by molar-refractivity contribution is -0.119. The maximum atomic E-state index is 13.3. The zero-order valence-corrected chi connectivity index (χ0v) is 12.2. The molecule has 0 fully saturated rings. The van der Waals surface area contributed by atoms with Crippen molar-refractivity contribution in [3.63, 3.8) is 0 Å². The minimum atomic E-state index is -0.369. The zero-order chi connectivity index (χ0) is 15.1. The van der Waals surface area contributed by atoms with Crippen LogP contribution in [0.15, 0.2) is 48.5 Å². The molecule has 0 radical (unpaired) electrons. The van der Waals surface area contributed by atoms with E-state index in [1.54, 1.807) is 18.2 Å². The normalized spacial score (nSPS) is 10.2. The summed E-state index contributed by atoms with van der Waals surface area (Å²) in [6.45, 7) is 0.570. The van der Waals surface area contributed by atoms with E-state index in [0.29, 0.717) is 17.3 Å². The van der Waals surface area contributed by atoms with Gasteiger partial charge in [-0.05, 0) is 36.2 Å². The second-order valence-corrected chi connectivity index (χ2v) is 5.00. The summed E-state index contributed by atoms with van der Waals surface area (Å²) in [5.41, 5.74) is 1.42. The number of benzene rings is 2. The van der Waals surface area contributed by atoms with Crippen LogP contribution in [0.3, 0.4) is 0 Å². The molecule has 2 N–H and O–H groups in total. The number of carbonyl (C=O) groups is 1. The third kappa shape index (κ3) is 5.08. The summed E-state index contributed by atoms with van der Waals surface area (Å²) in [6, 6.07) is 13.7. The number of hydrogen-bond donors (Lipinski definition) is 2. The Bertz CT molecular complexity index is 601. The number of carbonyl (C=O) groups excluding carboxylic acids is 1. The summed E-state index contributed by atoms with van der Waals surface area (Å²) < 4.78 is 13.3. The number of para-hydroxylation sites is 1. The number of anilines is 1. The molecule has 0 saturated heterocycles. The second-order valence-electron chi connectivity index (χ2n) is 4.56. The van der Waals surface area contributed by atoms with Gasteiger partial charge in [-0.15, -0.1) is 0 Å². The van der Waals surface area contributed by atoms with Gasteiger partial charge in [0.05, 0.1) is 12.2 Å². The van der Waals surface area contributed by atoms with Crippen molar-refractivity contribution in [1.82, 2.24) is 5.32 Å². The molecule has 110 valence electrons. The minimum Gasteiger partial charge on any atom is -0.374 e. The van der Waals surface area contributed by atoms with Gasteiger partial charge in [-0.2, -0.15) is 0 Å². The lowest BCUT2D eigenvalue weighted by Crippen LogP contribution is -2.31. The van der Waals surface area contributed by atoms with Gasteiger partial charge in [-0.1, -0.05) is 35.9 Å². The molecule has 0 aliphatic rings. The Hall–Kier alpha value is -2.07. The van der Waals surface area contributed by atoms with Gasteiger partial charge in [0.25, 0.3) is 0 Å². The van der Waals surface area contributed by atoms with Gasteiger partial charge >= 0.3 is 0 Å². The first-order valence-corrected chi connectivity index (χ1v) is 7.02. The molecule has 0 aromatic heterocycles. The van der Waals surface area contributed by atoms with Crippen molar-refractivity contribution in [2.24, 2.45) is 0 Å². The highest BCUT2D eigenvalue weighted by Crippen LogP contribution is 2.11. The van der Waals surface area contributed by atoms with Crippen LogP contribution in [0, 0.1) is 5.82 Å². The van der Waals surface area contributed by atoms with Gasteiger partial charge in [0.2, 0.25) is 5.91 Å². The summed E-state index contributed by atoms with van der Waals surface area (Å²) in [7, 11) is 0. The second kappa shape index (κ2) is 7.64. The van der Waals surface area contributed by atoms with Crippen LogP contribution in [0.25, 0.3) is 0 Å². The van der Waals surface area contributed by atoms with E-state index >= 15 is 0 Å². The Morgan fingerprint density at radius 1 is 1.10 bits per heavy atom. The first kappa shape index (κ1) is 15.3. The molecule has 0 bridgehead atoms. The molecule has 0 spiro atoms. The van der Waals surface area contributed by atoms with Crippen LogP contribution in [0.2, 0.25) is 5.02 Å². The van der Waals surface area contributed by atoms with Crippen molar-refractivity contribution < 1.29 is 9.18 Å². The van der Waals surface area contributed by atoms with E-state index in [-0.39, 0.29) is 18.3 Å². The molecule has 2 aromatic rings. The van der Waals surface area contributed by atoms with E-state index in [9.17, 15) is 9.18 Å². The van der Waals surface area contributed by atoms with Gasteiger partial charge in [-0.3, -0.25) is 4.79 Å². The monoisotopic (exact) mass is 306 g/mol. The third-order valence-corrected chi connectivity index (χ3v) is 3.21. The van der Waals surface area contributed by atoms with Crippen LogP contribution < -0.4 is 10.6 Å². The summed E-state index contributed by atoms with van der Waals surface area (Å²) in [4.78, 5) is 11.7. The Morgan fingerprint density at radius 2 is 1.81 bits per heavy atom. The maximum Gasteiger partial charge on any atom is 0.239 e. The van der Waals surface area contributed by atoms with Crippen LogP contribution in [0.1, 0.15) is 5.56 Å². The molecule has 2 rings (SSSR count). The van der Waals surface area contributed by atoms with Gasteiger partial charge in [-0.25, -0.2) is 4.39 Å². The predicted molar refractivity (Wildman–Crippen MR) is 83.1 cm³/mol. The smallest absolute Gasteiger partial charge is 0.239 e. The first-order valence-electron chi connectivity index (χ1n) is 6.65. The van der Waals surface area contributed by atoms with Gasteiger partial charge in [0.15, 0.2) is 0 Å². The summed E-state index contributed by atoms with van der Waals surface area (Å²) in [6.07, 6.45) is 0.725. The fourth-order valence-electron chi connectivity index (χ4n) is 1.84. The SMILES string of the molecule is O=C(CNc1ccccc1F)NCCc1ccc(Cl)cc1. The van der Waals surface area contributed by atoms with Crippen LogP contribution in [0.5, 0.6) is 0 Å². The largest absolute Gasteiger partial charge is 0.374 e. The minimum absolute atomic E-state index is 0.0432. The quantitative estimate of drug-likeness (QED) is 0.860. The van der Waals surface area contributed by atoms with Crippen molar-refractivity contribution in [1.29, 1.82) is 0 Å². The van der Waals surface area contributed by atoms with Crippen molar-refractivity contribution in [2.75, 3.05) is 18.4 Å². The molecule has 0 heterocycles. The van der Waals surface area contributed by atoms with Gasteiger partial charge < -0.3 is 10.6 Å². The van der Waals surface area contributed by atoms with E-state index in [1.165, 1.54) is 6.07 Å². The van der Waals surface area contributed by atoms with E-state index in [1.807, 2.05) is 24.3 Å². The topological polar surface area (TPSA) is 41.1 Å². The first-order chi connectivity index (χ1) is 10.1. The predicted octanol–water partition coefficient (Wildman–Crippen LogP) is 3.25. The number of nitrogens with one attached hydrogen (secondary N) is 2. The van der Waals surface area contributed by atoms with Crippen LogP contribution in [0.4, 0.5) is 10.1 Å². The molecule has 0 atom stereocenters. The highest BCUT2D eigenvalue weighted by atomic mass is 35.5. The molecule has 0 aliphatic heterocycles. The van der Waals surface area contributed by atoms with Gasteiger partial charge in [0.1, 0.15) is 5.82 Å². The Kier molecular flexibility index (Phi) is 5.58. The van der Waals surface area contributed by atoms with E-state index in [2.05, 4.69) is 10.6 Å². The Morgan fingerprint density at radius 3 is 2.52 bits per heavy atom. The van der Waals surface area contributed by atoms with Crippen LogP contribution in [-0.4, -0.2) is 19.0 Å². The summed E-state index contributed by atoms with van der Waals surface area (Å²) >= 11 is 5.80. The van der Waals surface area contributed by atoms with E-state index < -0.39 is 0 Å². The van der Waals surface area contributed by atoms with E-state index in [4.69, 9.17) is 11.6 Å². The fourth-order valence-corrected chi connectivity index (χ4v) is 1.97. The number of halogens is 2. The summed E-state index contributed by atoms with van der Waals surface area (Å²) in [5, 5.41) is 6.23. The molecule has 0 unspecified atom stereocenters. The van der Waals surface area contributed by atoms with E-state index in [0.717, 1.165) is 12.0 Å². The van der Waals surface area contributed by atoms with Crippen LogP contribution >= 0.6 is 11.6 Å².